The van der Waals surface area contributed by atoms with E-state index in [0.29, 0.717) is 57.0 Å². The van der Waals surface area contributed by atoms with Crippen LogP contribution in [0.2, 0.25) is 0 Å². The summed E-state index contributed by atoms with van der Waals surface area (Å²) in [6.07, 6.45) is 10.6. The highest BCUT2D eigenvalue weighted by Crippen LogP contribution is 2.40. The number of nitrogens with zero attached hydrogens (tertiary/aromatic N) is 15. The van der Waals surface area contributed by atoms with E-state index in [0.717, 1.165) is 135 Å². The van der Waals surface area contributed by atoms with Crippen LogP contribution in [0.15, 0.2) is 78.4 Å². The molecule has 12 rings (SSSR count). The maximum absolute atomic E-state index is 12.4. The average Bonchev–Trinajstić information content (AvgIpc) is 3.68. The highest BCUT2D eigenvalue weighted by atomic mass is 16.3. The second kappa shape index (κ2) is 19.4. The van der Waals surface area contributed by atoms with E-state index in [1.165, 1.54) is 0 Å². The van der Waals surface area contributed by atoms with E-state index in [1.54, 1.807) is 48.5 Å². The van der Waals surface area contributed by atoms with Crippen LogP contribution in [0.25, 0.3) is 55.5 Å². The molecule has 0 amide bonds. The van der Waals surface area contributed by atoms with Gasteiger partial charge in [-0.1, -0.05) is 0 Å². The predicted octanol–water partition coefficient (Wildman–Crippen LogP) is 4.25. The van der Waals surface area contributed by atoms with Gasteiger partial charge < -0.3 is 60.8 Å². The molecule has 0 radical (unpaired) electrons. The molecular formula is C51H55N21O2. The largest absolute Gasteiger partial charge is 0.493 e. The Morgan fingerprint density at radius 3 is 1.88 bits per heavy atom. The quantitative estimate of drug-likeness (QED) is 0.0956. The topological polar surface area (TPSA) is 258 Å². The maximum atomic E-state index is 12.4. The summed E-state index contributed by atoms with van der Waals surface area (Å²) in [5.74, 6) is 2.55. The van der Waals surface area contributed by atoms with Crippen LogP contribution in [0.1, 0.15) is 11.1 Å². The molecule has 23 heteroatoms. The van der Waals surface area contributed by atoms with E-state index in [1.807, 2.05) is 50.6 Å². The second-order valence-electron chi connectivity index (χ2n) is 18.7. The minimum absolute atomic E-state index is 0.108. The summed E-state index contributed by atoms with van der Waals surface area (Å²) >= 11 is 0. The number of pyridine rings is 5. The van der Waals surface area contributed by atoms with Gasteiger partial charge in [-0.15, -0.1) is 0 Å². The first-order valence-electron chi connectivity index (χ1n) is 24.8. The van der Waals surface area contributed by atoms with Gasteiger partial charge in [0.05, 0.1) is 57.1 Å². The number of anilines is 9. The molecule has 7 N–H and O–H groups in total. The van der Waals surface area contributed by atoms with Crippen molar-refractivity contribution in [1.82, 2.24) is 74.9 Å². The van der Waals surface area contributed by atoms with Crippen LogP contribution in [0, 0.1) is 13.8 Å². The Morgan fingerprint density at radius 2 is 1.18 bits per heavy atom. The smallest absolute Gasteiger partial charge is 0.251 e. The Balaban J connectivity index is 0.831. The number of hydrogen-bond acceptors (Lipinski definition) is 21. The number of nitrogens with one attached hydrogen (secondary N) is 6. The molecule has 9 aromatic rings. The van der Waals surface area contributed by atoms with E-state index in [9.17, 15) is 9.90 Å². The standard InChI is InChI=1S/C51H55N21O2/c1-29-19-44(73)68(3)40-28-60-49(65-45(29)40)62-43-23-39(72-17-11-54-12-18-72)35(26-58-43)46-30(2)33-24-59-50(66-47(33)69(46)4)63-42-22-38(71-15-9-53-10-16-71)34(25-57-42)36-21-32-37(27-56-36)61-51(67-48(32)74)64-41-20-31(5-6-55-41)70-13-7-52-8-14-70/h5-6,19-28,52-54H,7-18H2,1-4H3,(H,57,59,63,66)(H,58,60,62,65)(H2,55,61,64,67,74). The molecule has 0 aromatic carbocycles. The first-order chi connectivity index (χ1) is 36.1. The van der Waals surface area contributed by atoms with Gasteiger partial charge in [0.2, 0.25) is 23.7 Å². The third-order valence-corrected chi connectivity index (χ3v) is 14.1. The third kappa shape index (κ3) is 8.89. The minimum Gasteiger partial charge on any atom is -0.493 e. The third-order valence-electron chi connectivity index (χ3n) is 14.1. The van der Waals surface area contributed by atoms with Crippen molar-refractivity contribution in [2.45, 2.75) is 13.8 Å². The van der Waals surface area contributed by atoms with E-state index >= 15 is 0 Å². The number of rotatable bonds is 11. The fraction of sp³-hybridized carbons (Fsp3) is 0.314. The zero-order valence-corrected chi connectivity index (χ0v) is 41.5. The number of piperazine rings is 3. The number of hydrogen-bond donors (Lipinski definition) is 7. The SMILES string of the molecule is Cc1c(-c2cnc(Nc3ncc4c(n3)c(C)cc(=O)n4C)cc2N2CCNCC2)n(C)c2nc(Nc3cc(N4CCNCC4)c(-c4cc5c(O)nc(Nc6cc(N7CCNCC7)ccn6)nc5cn4)cn3)ncc12. The lowest BCUT2D eigenvalue weighted by atomic mass is 10.1. The minimum atomic E-state index is -0.176. The van der Waals surface area contributed by atoms with Crippen molar-refractivity contribution in [2.24, 2.45) is 14.1 Å². The molecule has 3 aliphatic rings. The fourth-order valence-electron chi connectivity index (χ4n) is 10.2. The van der Waals surface area contributed by atoms with Crippen molar-refractivity contribution in [3.05, 3.63) is 95.1 Å². The van der Waals surface area contributed by atoms with Gasteiger partial charge in [0.25, 0.3) is 5.56 Å². The lowest BCUT2D eigenvalue weighted by Crippen LogP contribution is -2.43. The van der Waals surface area contributed by atoms with Crippen LogP contribution in [-0.4, -0.2) is 143 Å². The fourth-order valence-corrected chi connectivity index (χ4v) is 10.2. The monoisotopic (exact) mass is 993 g/mol. The lowest BCUT2D eigenvalue weighted by molar-refractivity contribution is 0.460. The van der Waals surface area contributed by atoms with E-state index in [2.05, 4.69) is 73.0 Å². The van der Waals surface area contributed by atoms with E-state index in [4.69, 9.17) is 34.9 Å². The van der Waals surface area contributed by atoms with Crippen molar-refractivity contribution in [1.29, 1.82) is 0 Å². The van der Waals surface area contributed by atoms with E-state index < -0.39 is 0 Å². The molecule has 74 heavy (non-hydrogen) atoms. The molecule has 0 unspecified atom stereocenters. The molecule has 0 atom stereocenters. The van der Waals surface area contributed by atoms with Gasteiger partial charge in [-0.2, -0.15) is 9.97 Å². The molecule has 0 aliphatic carbocycles. The Bertz CT molecular complexity index is 3670. The molecule has 3 fully saturated rings. The lowest BCUT2D eigenvalue weighted by Gasteiger charge is -2.31. The van der Waals surface area contributed by atoms with Crippen molar-refractivity contribution in [3.8, 4) is 28.4 Å². The van der Waals surface area contributed by atoms with Crippen LogP contribution in [-0.2, 0) is 14.1 Å². The first kappa shape index (κ1) is 46.4. The van der Waals surface area contributed by atoms with Crippen molar-refractivity contribution < 1.29 is 5.11 Å². The van der Waals surface area contributed by atoms with Crippen molar-refractivity contribution >= 4 is 85.3 Å². The van der Waals surface area contributed by atoms with Crippen LogP contribution in [0.4, 0.5) is 52.4 Å². The van der Waals surface area contributed by atoms with Gasteiger partial charge in [0.1, 0.15) is 23.1 Å². The molecule has 0 spiro atoms. The summed E-state index contributed by atoms with van der Waals surface area (Å²) in [7, 11) is 3.74. The van der Waals surface area contributed by atoms with Gasteiger partial charge in [0, 0.05) is 164 Å². The maximum Gasteiger partial charge on any atom is 0.251 e. The Morgan fingerprint density at radius 1 is 0.568 bits per heavy atom. The summed E-state index contributed by atoms with van der Waals surface area (Å²) in [5, 5.41) is 32.9. The molecule has 9 aromatic heterocycles. The average molecular weight is 994 g/mol. The molecule has 0 saturated carbocycles. The van der Waals surface area contributed by atoms with Gasteiger partial charge >= 0.3 is 0 Å². The molecule has 3 saturated heterocycles. The van der Waals surface area contributed by atoms with Gasteiger partial charge in [-0.25, -0.2) is 34.9 Å². The summed E-state index contributed by atoms with van der Waals surface area (Å²) < 4.78 is 3.65. The molecule has 23 nitrogen and oxygen atoms in total. The van der Waals surface area contributed by atoms with Crippen LogP contribution >= 0.6 is 0 Å². The predicted molar refractivity (Wildman–Crippen MR) is 288 cm³/mol. The number of aryl methyl sites for hydroxylation is 4. The zero-order valence-electron chi connectivity index (χ0n) is 41.5. The first-order valence-corrected chi connectivity index (χ1v) is 24.8. The number of fused-ring (bicyclic) bond motifs is 3. The Labute approximate surface area is 424 Å². The van der Waals surface area contributed by atoms with Gasteiger partial charge in [-0.05, 0) is 37.1 Å². The summed E-state index contributed by atoms with van der Waals surface area (Å²) in [4.78, 5) is 66.8. The molecule has 376 valence electrons. The molecule has 3 aliphatic heterocycles. The number of aromatic hydroxyl groups is 1. The Hall–Kier alpha value is -8.67. The van der Waals surface area contributed by atoms with Crippen LogP contribution in [0.3, 0.4) is 0 Å². The normalized spacial score (nSPS) is 15.3. The zero-order chi connectivity index (χ0) is 50.5. The molecule has 0 bridgehead atoms. The van der Waals surface area contributed by atoms with Crippen molar-refractivity contribution in [3.63, 3.8) is 0 Å². The summed E-state index contributed by atoms with van der Waals surface area (Å²) in [6.45, 7) is 14.1. The van der Waals surface area contributed by atoms with Gasteiger partial charge in [-0.3, -0.25) is 9.78 Å². The number of aromatic nitrogens is 12. The highest BCUT2D eigenvalue weighted by Gasteiger charge is 2.25. The summed E-state index contributed by atoms with van der Waals surface area (Å²) in [5.41, 5.74) is 10.6. The van der Waals surface area contributed by atoms with Crippen LogP contribution in [0.5, 0.6) is 5.88 Å². The molecular weight excluding hydrogens is 939 g/mol. The van der Waals surface area contributed by atoms with Gasteiger partial charge in [0.15, 0.2) is 0 Å². The molecule has 12 heterocycles. The van der Waals surface area contributed by atoms with E-state index in [-0.39, 0.29) is 17.4 Å². The summed E-state index contributed by atoms with van der Waals surface area (Å²) in [6, 6.07) is 11.4. The highest BCUT2D eigenvalue weighted by molar-refractivity contribution is 5.93. The Kier molecular flexibility index (Phi) is 12.2. The van der Waals surface area contributed by atoms with Crippen LogP contribution < -0.4 is 52.2 Å². The second-order valence-corrected chi connectivity index (χ2v) is 18.7. The van der Waals surface area contributed by atoms with Crippen molar-refractivity contribution in [2.75, 3.05) is 109 Å².